The molecule has 2 heteroatoms. The van der Waals surface area contributed by atoms with Crippen LogP contribution in [0.15, 0.2) is 30.3 Å². The SMILES string of the molecule is Clc1ccccc1.[H+].[H+].[H+].[S-2]. The Labute approximate surface area is 65.4 Å². The van der Waals surface area contributed by atoms with Crippen molar-refractivity contribution in [2.24, 2.45) is 0 Å². The molecule has 0 radical (unpaired) electrons. The minimum Gasteiger partial charge on any atom is -2.00 e. The molecule has 0 aliphatic heterocycles. The van der Waals surface area contributed by atoms with E-state index in [2.05, 4.69) is 0 Å². The summed E-state index contributed by atoms with van der Waals surface area (Å²) in [6.45, 7) is 0. The summed E-state index contributed by atoms with van der Waals surface area (Å²) in [5, 5.41) is 0.794. The van der Waals surface area contributed by atoms with Gasteiger partial charge in [-0.1, -0.05) is 29.8 Å². The van der Waals surface area contributed by atoms with Gasteiger partial charge in [0.1, 0.15) is 0 Å². The maximum absolute atomic E-state index is 5.54. The van der Waals surface area contributed by atoms with E-state index in [1.807, 2.05) is 30.3 Å². The zero-order chi connectivity index (χ0) is 5.11. The van der Waals surface area contributed by atoms with Gasteiger partial charge < -0.3 is 13.5 Å². The second-order valence-corrected chi connectivity index (χ2v) is 1.73. The molecular weight excluding hydrogens is 140 g/mol. The Morgan fingerprint density at radius 1 is 1.12 bits per heavy atom. The van der Waals surface area contributed by atoms with Crippen molar-refractivity contribution in [3.05, 3.63) is 35.4 Å². The highest BCUT2D eigenvalue weighted by Gasteiger charge is 1.74. The Hall–Kier alpha value is -0.140. The fraction of sp³-hybridized carbons (Fsp3) is 0. The average molecular weight is 148 g/mol. The van der Waals surface area contributed by atoms with Crippen LogP contribution >= 0.6 is 11.6 Å². The summed E-state index contributed by atoms with van der Waals surface area (Å²) < 4.78 is 0. The Kier molecular flexibility index (Phi) is 3.75. The van der Waals surface area contributed by atoms with Crippen molar-refractivity contribution in [2.75, 3.05) is 0 Å². The number of hydrogen-bond acceptors (Lipinski definition) is 0. The maximum Gasteiger partial charge on any atom is 1.00 e. The molecule has 0 fully saturated rings. The summed E-state index contributed by atoms with van der Waals surface area (Å²) in [5.41, 5.74) is 0. The van der Waals surface area contributed by atoms with Crippen molar-refractivity contribution in [2.45, 2.75) is 0 Å². The standard InChI is InChI=1S/C6H5Cl.S/c7-6-4-2-1-3-5-6;/h1-5H;/q;-2/p+3. The van der Waals surface area contributed by atoms with Gasteiger partial charge in [0, 0.05) is 5.02 Å². The lowest BCUT2D eigenvalue weighted by Gasteiger charge is -2.00. The van der Waals surface area contributed by atoms with Crippen molar-refractivity contribution in [1.82, 2.24) is 0 Å². The molecule has 8 heavy (non-hydrogen) atoms. The largest absolute Gasteiger partial charge is 2.00 e. The smallest absolute Gasteiger partial charge is 1.00 e. The summed E-state index contributed by atoms with van der Waals surface area (Å²) in [7, 11) is 0. The van der Waals surface area contributed by atoms with E-state index in [0.29, 0.717) is 0 Å². The second-order valence-electron chi connectivity index (χ2n) is 1.30. The fourth-order valence-electron chi connectivity index (χ4n) is 0.415. The summed E-state index contributed by atoms with van der Waals surface area (Å²) >= 11 is 5.54. The molecular formula is C6H8ClS+. The molecule has 0 aromatic heterocycles. The Morgan fingerprint density at radius 3 is 1.88 bits per heavy atom. The topological polar surface area (TPSA) is 0 Å². The van der Waals surface area contributed by atoms with Gasteiger partial charge in [-0.15, -0.1) is 0 Å². The normalized spacial score (nSPS) is 7.62. The molecule has 0 aliphatic rings. The molecule has 0 saturated heterocycles. The van der Waals surface area contributed by atoms with E-state index < -0.39 is 0 Å². The van der Waals surface area contributed by atoms with E-state index in [0.717, 1.165) is 5.02 Å². The summed E-state index contributed by atoms with van der Waals surface area (Å²) in [5.74, 6) is 0. The molecule has 0 heterocycles. The van der Waals surface area contributed by atoms with E-state index in [9.17, 15) is 0 Å². The number of hydrogen-bond donors (Lipinski definition) is 0. The van der Waals surface area contributed by atoms with Gasteiger partial charge in [0.05, 0.1) is 0 Å². The van der Waals surface area contributed by atoms with Crippen LogP contribution in [-0.4, -0.2) is 0 Å². The predicted octanol–water partition coefficient (Wildman–Crippen LogP) is 2.68. The molecule has 1 rings (SSSR count). The molecule has 0 spiro atoms. The summed E-state index contributed by atoms with van der Waals surface area (Å²) in [6.07, 6.45) is 0. The monoisotopic (exact) mass is 147 g/mol. The lowest BCUT2D eigenvalue weighted by atomic mass is 10.4. The van der Waals surface area contributed by atoms with Crippen LogP contribution in [0.3, 0.4) is 0 Å². The third-order valence-corrected chi connectivity index (χ3v) is 0.985. The van der Waals surface area contributed by atoms with E-state index in [1.54, 1.807) is 0 Å². The Bertz CT molecular complexity index is 148. The first kappa shape index (κ1) is 7.86. The molecule has 0 nitrogen and oxygen atoms in total. The van der Waals surface area contributed by atoms with E-state index in [-0.39, 0.29) is 17.8 Å². The minimum absolute atomic E-state index is 0. The van der Waals surface area contributed by atoms with Crippen LogP contribution in [0.25, 0.3) is 0 Å². The molecule has 1 aromatic carbocycles. The third-order valence-electron chi connectivity index (χ3n) is 0.733. The number of benzene rings is 1. The van der Waals surface area contributed by atoms with Crippen LogP contribution in [0.1, 0.15) is 4.28 Å². The zero-order valence-corrected chi connectivity index (χ0v) is 5.75. The van der Waals surface area contributed by atoms with Crippen LogP contribution in [0, 0.1) is 0 Å². The molecule has 0 unspecified atom stereocenters. The van der Waals surface area contributed by atoms with E-state index in [1.165, 1.54) is 0 Å². The predicted molar refractivity (Wildman–Crippen MR) is 42.2 cm³/mol. The summed E-state index contributed by atoms with van der Waals surface area (Å²) in [6, 6.07) is 9.44. The minimum atomic E-state index is 0. The molecule has 0 aliphatic carbocycles. The first-order valence-corrected chi connectivity index (χ1v) is 2.48. The van der Waals surface area contributed by atoms with Crippen molar-refractivity contribution < 1.29 is 4.28 Å². The third kappa shape index (κ3) is 2.24. The molecule has 1 aromatic rings. The lowest BCUT2D eigenvalue weighted by molar-refractivity contribution is 1.71. The van der Waals surface area contributed by atoms with Gasteiger partial charge >= 0.3 is 4.28 Å². The van der Waals surface area contributed by atoms with Crippen LogP contribution in [0.2, 0.25) is 5.02 Å². The van der Waals surface area contributed by atoms with Crippen LogP contribution in [-0.2, 0) is 13.5 Å². The molecule has 0 saturated carbocycles. The Balaban J connectivity index is -0.0000000612. The van der Waals surface area contributed by atoms with Gasteiger partial charge in [-0.3, -0.25) is 0 Å². The summed E-state index contributed by atoms with van der Waals surface area (Å²) in [4.78, 5) is 0. The van der Waals surface area contributed by atoms with Gasteiger partial charge in [0.25, 0.3) is 0 Å². The zero-order valence-electron chi connectivity index (χ0n) is 7.17. The molecule has 0 atom stereocenters. The fourth-order valence-corrected chi connectivity index (χ4v) is 0.560. The second kappa shape index (κ2) is 3.81. The van der Waals surface area contributed by atoms with E-state index >= 15 is 0 Å². The van der Waals surface area contributed by atoms with Crippen molar-refractivity contribution in [1.29, 1.82) is 0 Å². The van der Waals surface area contributed by atoms with Gasteiger partial charge in [-0.2, -0.15) is 0 Å². The number of rotatable bonds is 0. The highest BCUT2D eigenvalue weighted by atomic mass is 35.5. The highest BCUT2D eigenvalue weighted by Crippen LogP contribution is 2.03. The van der Waals surface area contributed by atoms with Gasteiger partial charge in [0.2, 0.25) is 0 Å². The Morgan fingerprint density at radius 2 is 1.62 bits per heavy atom. The van der Waals surface area contributed by atoms with Gasteiger partial charge in [-0.25, -0.2) is 0 Å². The lowest BCUT2D eigenvalue weighted by Crippen LogP contribution is -1.55. The van der Waals surface area contributed by atoms with E-state index in [4.69, 9.17) is 11.6 Å². The average Bonchev–Trinajstić information content (AvgIpc) is 1.69. The van der Waals surface area contributed by atoms with Crippen LogP contribution < -0.4 is 0 Å². The van der Waals surface area contributed by atoms with Gasteiger partial charge in [-0.05, 0) is 12.1 Å². The first-order valence-electron chi connectivity index (χ1n) is 2.10. The van der Waals surface area contributed by atoms with Crippen LogP contribution in [0.5, 0.6) is 0 Å². The molecule has 0 amide bonds. The van der Waals surface area contributed by atoms with Crippen LogP contribution in [0.4, 0.5) is 0 Å². The number of halogens is 1. The molecule has 0 bridgehead atoms. The van der Waals surface area contributed by atoms with Crippen molar-refractivity contribution in [3.63, 3.8) is 0 Å². The van der Waals surface area contributed by atoms with Crippen molar-refractivity contribution in [3.8, 4) is 0 Å². The highest BCUT2D eigenvalue weighted by molar-refractivity contribution is 7.37. The van der Waals surface area contributed by atoms with Crippen molar-refractivity contribution >= 4 is 25.1 Å². The molecule has 44 valence electrons. The maximum atomic E-state index is 5.54. The van der Waals surface area contributed by atoms with Gasteiger partial charge in [0.15, 0.2) is 0 Å². The first-order chi connectivity index (χ1) is 3.39. The molecule has 0 N–H and O–H groups in total. The quantitative estimate of drug-likeness (QED) is 0.530.